The number of fused-ring (bicyclic) bond motifs is 1. The number of carbonyl (C=O) groups excluding carboxylic acids is 1. The summed E-state index contributed by atoms with van der Waals surface area (Å²) in [6.07, 6.45) is 0.898. The molecule has 0 saturated carbocycles. The first-order valence-electron chi connectivity index (χ1n) is 9.94. The van der Waals surface area contributed by atoms with Gasteiger partial charge in [-0.1, -0.05) is 12.1 Å². The van der Waals surface area contributed by atoms with Crippen LogP contribution in [-0.4, -0.2) is 48.1 Å². The number of rotatable bonds is 6. The third-order valence-corrected chi connectivity index (χ3v) is 5.59. The van der Waals surface area contributed by atoms with Crippen molar-refractivity contribution in [2.75, 3.05) is 32.8 Å². The van der Waals surface area contributed by atoms with Crippen molar-refractivity contribution in [1.82, 2.24) is 9.47 Å². The van der Waals surface area contributed by atoms with E-state index < -0.39 is 17.4 Å². The summed E-state index contributed by atoms with van der Waals surface area (Å²) in [7, 11) is 0. The molecule has 0 atom stereocenters. The molecule has 0 bridgehead atoms. The molecule has 1 fully saturated rings. The molecule has 3 aromatic rings. The van der Waals surface area contributed by atoms with Gasteiger partial charge in [-0.3, -0.25) is 9.69 Å². The average Bonchev–Trinajstić information content (AvgIpc) is 2.99. The molecular weight excluding hydrogens is 374 g/mol. The minimum absolute atomic E-state index is 0.00669. The van der Waals surface area contributed by atoms with Crippen molar-refractivity contribution >= 4 is 16.7 Å². The van der Waals surface area contributed by atoms with Crippen LogP contribution in [0, 0.1) is 18.6 Å². The highest BCUT2D eigenvalue weighted by atomic mass is 19.1. The molecule has 152 valence electrons. The lowest BCUT2D eigenvalue weighted by Gasteiger charge is -2.26. The normalized spacial score (nSPS) is 15.1. The molecule has 4 rings (SSSR count). The number of carbonyl (C=O) groups is 1. The molecule has 29 heavy (non-hydrogen) atoms. The minimum atomic E-state index is -0.568. The summed E-state index contributed by atoms with van der Waals surface area (Å²) in [4.78, 5) is 15.5. The van der Waals surface area contributed by atoms with Gasteiger partial charge in [0.25, 0.3) is 0 Å². The summed E-state index contributed by atoms with van der Waals surface area (Å²) in [6.45, 7) is 6.84. The molecule has 0 unspecified atom stereocenters. The Morgan fingerprint density at radius 1 is 1.07 bits per heavy atom. The first-order chi connectivity index (χ1) is 14.1. The van der Waals surface area contributed by atoms with Crippen molar-refractivity contribution in [3.63, 3.8) is 0 Å². The molecule has 4 nitrogen and oxygen atoms in total. The molecule has 0 N–H and O–H groups in total. The maximum atomic E-state index is 14.2. The van der Waals surface area contributed by atoms with Crippen LogP contribution in [0.5, 0.6) is 0 Å². The highest BCUT2D eigenvalue weighted by molar-refractivity contribution is 6.17. The molecule has 2 aromatic carbocycles. The van der Waals surface area contributed by atoms with E-state index in [0.717, 1.165) is 50.5 Å². The van der Waals surface area contributed by atoms with E-state index in [-0.39, 0.29) is 5.56 Å². The summed E-state index contributed by atoms with van der Waals surface area (Å²) in [5.74, 6) is -1.39. The average molecular weight is 398 g/mol. The Kier molecular flexibility index (Phi) is 5.74. The Labute approximate surface area is 168 Å². The Balaban J connectivity index is 1.67. The molecule has 1 saturated heterocycles. The number of benzene rings is 2. The number of ether oxygens (including phenoxy) is 1. The smallest absolute Gasteiger partial charge is 0.198 e. The van der Waals surface area contributed by atoms with E-state index in [1.165, 1.54) is 24.3 Å². The number of morpholine rings is 1. The molecule has 0 spiro atoms. The summed E-state index contributed by atoms with van der Waals surface area (Å²) < 4.78 is 35.6. The second-order valence-corrected chi connectivity index (χ2v) is 7.39. The van der Waals surface area contributed by atoms with Gasteiger partial charge in [-0.25, -0.2) is 8.78 Å². The fourth-order valence-electron chi connectivity index (χ4n) is 4.09. The van der Waals surface area contributed by atoms with E-state index in [1.807, 2.05) is 11.5 Å². The van der Waals surface area contributed by atoms with Crippen LogP contribution in [0.25, 0.3) is 10.9 Å². The Bertz CT molecular complexity index is 1040. The zero-order valence-corrected chi connectivity index (χ0v) is 16.5. The van der Waals surface area contributed by atoms with Crippen molar-refractivity contribution in [1.29, 1.82) is 0 Å². The third-order valence-electron chi connectivity index (χ3n) is 5.59. The van der Waals surface area contributed by atoms with Gasteiger partial charge in [0.15, 0.2) is 5.78 Å². The van der Waals surface area contributed by atoms with Crippen molar-refractivity contribution in [2.24, 2.45) is 0 Å². The van der Waals surface area contributed by atoms with E-state index in [0.29, 0.717) is 17.5 Å². The van der Waals surface area contributed by atoms with Crippen molar-refractivity contribution in [3.8, 4) is 0 Å². The first kappa shape index (κ1) is 19.7. The lowest BCUT2D eigenvalue weighted by atomic mass is 10.00. The van der Waals surface area contributed by atoms with Crippen LogP contribution in [0.2, 0.25) is 0 Å². The van der Waals surface area contributed by atoms with Crippen molar-refractivity contribution in [3.05, 3.63) is 70.9 Å². The molecule has 0 aliphatic carbocycles. The number of aromatic nitrogens is 1. The summed E-state index contributed by atoms with van der Waals surface area (Å²) >= 11 is 0. The number of nitrogens with zero attached hydrogens (tertiary/aromatic N) is 2. The Hall–Kier alpha value is -2.57. The molecule has 6 heteroatoms. The summed E-state index contributed by atoms with van der Waals surface area (Å²) in [5, 5.41) is 0.530. The van der Waals surface area contributed by atoms with E-state index >= 15 is 0 Å². The van der Waals surface area contributed by atoms with Crippen LogP contribution >= 0.6 is 0 Å². The van der Waals surface area contributed by atoms with Gasteiger partial charge in [0.2, 0.25) is 0 Å². The number of aryl methyl sites for hydroxylation is 1. The zero-order chi connectivity index (χ0) is 20.4. The quantitative estimate of drug-likeness (QED) is 0.584. The van der Waals surface area contributed by atoms with E-state index in [1.54, 1.807) is 18.2 Å². The van der Waals surface area contributed by atoms with Gasteiger partial charge in [0.1, 0.15) is 11.6 Å². The maximum Gasteiger partial charge on any atom is 0.198 e. The van der Waals surface area contributed by atoms with E-state index in [4.69, 9.17) is 4.74 Å². The van der Waals surface area contributed by atoms with Gasteiger partial charge in [0.05, 0.1) is 24.3 Å². The number of ketones is 1. The van der Waals surface area contributed by atoms with Crippen LogP contribution in [0.15, 0.2) is 42.5 Å². The SMILES string of the molecule is Cc1c(C(=O)c2ccccc2F)c2cc(F)ccc2n1CCCN1CCOCC1. The van der Waals surface area contributed by atoms with Crippen LogP contribution < -0.4 is 0 Å². The van der Waals surface area contributed by atoms with Crippen LogP contribution in [0.4, 0.5) is 8.78 Å². The van der Waals surface area contributed by atoms with Crippen LogP contribution in [-0.2, 0) is 11.3 Å². The Morgan fingerprint density at radius 2 is 1.83 bits per heavy atom. The summed E-state index contributed by atoms with van der Waals surface area (Å²) in [6, 6.07) is 10.4. The van der Waals surface area contributed by atoms with Crippen LogP contribution in [0.3, 0.4) is 0 Å². The highest BCUT2D eigenvalue weighted by Gasteiger charge is 2.23. The van der Waals surface area contributed by atoms with Crippen molar-refractivity contribution in [2.45, 2.75) is 19.9 Å². The fraction of sp³-hybridized carbons (Fsp3) is 0.348. The molecule has 1 aliphatic rings. The Morgan fingerprint density at radius 3 is 2.59 bits per heavy atom. The van der Waals surface area contributed by atoms with Gasteiger partial charge in [0, 0.05) is 42.8 Å². The molecule has 1 aliphatic heterocycles. The predicted octanol–water partition coefficient (Wildman–Crippen LogP) is 4.18. The van der Waals surface area contributed by atoms with Gasteiger partial charge in [-0.05, 0) is 43.7 Å². The second kappa shape index (κ2) is 8.43. The van der Waals surface area contributed by atoms with Gasteiger partial charge >= 0.3 is 0 Å². The van der Waals surface area contributed by atoms with Gasteiger partial charge in [-0.15, -0.1) is 0 Å². The molecule has 2 heterocycles. The summed E-state index contributed by atoms with van der Waals surface area (Å²) in [5.41, 5.74) is 1.91. The standard InChI is InChI=1S/C23H24F2N2O2/c1-16-22(23(28)18-5-2-3-6-20(18)25)19-15-17(24)7-8-21(19)27(16)10-4-9-26-11-13-29-14-12-26/h2-3,5-8,15H,4,9-14H2,1H3. The van der Waals surface area contributed by atoms with E-state index in [2.05, 4.69) is 4.90 Å². The van der Waals surface area contributed by atoms with Crippen molar-refractivity contribution < 1.29 is 18.3 Å². The molecular formula is C23H24F2N2O2. The lowest BCUT2D eigenvalue weighted by molar-refractivity contribution is 0.0369. The largest absolute Gasteiger partial charge is 0.379 e. The second-order valence-electron chi connectivity index (χ2n) is 7.39. The minimum Gasteiger partial charge on any atom is -0.379 e. The zero-order valence-electron chi connectivity index (χ0n) is 16.5. The number of hydrogen-bond acceptors (Lipinski definition) is 3. The monoisotopic (exact) mass is 398 g/mol. The topological polar surface area (TPSA) is 34.5 Å². The number of halogens is 2. The van der Waals surface area contributed by atoms with Crippen LogP contribution in [0.1, 0.15) is 28.0 Å². The van der Waals surface area contributed by atoms with E-state index in [9.17, 15) is 13.6 Å². The number of hydrogen-bond donors (Lipinski definition) is 0. The molecule has 0 amide bonds. The van der Waals surface area contributed by atoms with Gasteiger partial charge < -0.3 is 9.30 Å². The molecule has 0 radical (unpaired) electrons. The lowest BCUT2D eigenvalue weighted by Crippen LogP contribution is -2.37. The molecule has 1 aromatic heterocycles. The maximum absolute atomic E-state index is 14.2. The third kappa shape index (κ3) is 3.95. The first-order valence-corrected chi connectivity index (χ1v) is 9.94. The fourth-order valence-corrected chi connectivity index (χ4v) is 4.09. The predicted molar refractivity (Wildman–Crippen MR) is 108 cm³/mol. The van der Waals surface area contributed by atoms with Gasteiger partial charge in [-0.2, -0.15) is 0 Å². The highest BCUT2D eigenvalue weighted by Crippen LogP contribution is 2.30.